The molecule has 0 aliphatic carbocycles. The van der Waals surface area contributed by atoms with Crippen LogP contribution in [-0.2, 0) is 4.79 Å². The van der Waals surface area contributed by atoms with Crippen molar-refractivity contribution in [3.05, 3.63) is 42.2 Å². The third kappa shape index (κ3) is 5.84. The number of halogens is 1. The normalized spacial score (nSPS) is 11.3. The molecule has 7 heteroatoms. The number of amides is 1. The number of hydrogen-bond donors (Lipinski definition) is 2. The summed E-state index contributed by atoms with van der Waals surface area (Å²) in [5.74, 6) is 0.416. The van der Waals surface area contributed by atoms with Crippen molar-refractivity contribution in [3.63, 3.8) is 0 Å². The Labute approximate surface area is 141 Å². The minimum absolute atomic E-state index is 0. The Hall–Kier alpha value is -2.18. The van der Waals surface area contributed by atoms with Gasteiger partial charge in [0, 0.05) is 17.6 Å². The van der Waals surface area contributed by atoms with Gasteiger partial charge in [-0.2, -0.15) is 0 Å². The SMILES string of the molecule is CCCC(N)C(=O)Nc1ccc(Oc2nccc(C)n2)cc1.Cl. The Morgan fingerprint density at radius 1 is 1.30 bits per heavy atom. The van der Waals surface area contributed by atoms with Crippen molar-refractivity contribution >= 4 is 24.0 Å². The minimum atomic E-state index is -0.485. The van der Waals surface area contributed by atoms with Gasteiger partial charge < -0.3 is 15.8 Å². The Balaban J connectivity index is 0.00000264. The first-order valence-electron chi connectivity index (χ1n) is 7.22. The number of rotatable bonds is 6. The van der Waals surface area contributed by atoms with Crippen molar-refractivity contribution in [3.8, 4) is 11.8 Å². The van der Waals surface area contributed by atoms with Crippen molar-refractivity contribution in [2.75, 3.05) is 5.32 Å². The number of ether oxygens (including phenoxy) is 1. The molecule has 0 saturated heterocycles. The average Bonchev–Trinajstić information content (AvgIpc) is 2.49. The van der Waals surface area contributed by atoms with E-state index < -0.39 is 6.04 Å². The molecule has 1 unspecified atom stereocenters. The van der Waals surface area contributed by atoms with Crippen LogP contribution < -0.4 is 15.8 Å². The summed E-state index contributed by atoms with van der Waals surface area (Å²) in [6.07, 6.45) is 3.18. The number of carbonyl (C=O) groups excluding carboxylic acids is 1. The smallest absolute Gasteiger partial charge is 0.322 e. The van der Waals surface area contributed by atoms with Gasteiger partial charge in [0.15, 0.2) is 0 Å². The largest absolute Gasteiger partial charge is 0.424 e. The highest BCUT2D eigenvalue weighted by Crippen LogP contribution is 2.20. The van der Waals surface area contributed by atoms with Gasteiger partial charge in [-0.05, 0) is 43.7 Å². The zero-order valence-corrected chi connectivity index (χ0v) is 14.0. The van der Waals surface area contributed by atoms with E-state index in [0.29, 0.717) is 23.9 Å². The lowest BCUT2D eigenvalue weighted by molar-refractivity contribution is -0.117. The lowest BCUT2D eigenvalue weighted by Crippen LogP contribution is -2.35. The maximum atomic E-state index is 11.8. The summed E-state index contributed by atoms with van der Waals surface area (Å²) in [6, 6.07) is 8.59. The van der Waals surface area contributed by atoms with Crippen LogP contribution in [0.5, 0.6) is 11.8 Å². The molecular weight excluding hydrogens is 316 g/mol. The number of nitrogens with one attached hydrogen (secondary N) is 1. The van der Waals surface area contributed by atoms with Gasteiger partial charge >= 0.3 is 6.01 Å². The van der Waals surface area contributed by atoms with Crippen molar-refractivity contribution in [2.24, 2.45) is 5.73 Å². The van der Waals surface area contributed by atoms with Gasteiger partial charge in [-0.25, -0.2) is 9.97 Å². The zero-order valence-electron chi connectivity index (χ0n) is 13.2. The molecule has 0 radical (unpaired) electrons. The molecule has 2 aromatic rings. The minimum Gasteiger partial charge on any atom is -0.424 e. The van der Waals surface area contributed by atoms with E-state index in [1.165, 1.54) is 0 Å². The summed E-state index contributed by atoms with van der Waals surface area (Å²) < 4.78 is 5.55. The van der Waals surface area contributed by atoms with Crippen LogP contribution in [0.3, 0.4) is 0 Å². The lowest BCUT2D eigenvalue weighted by atomic mass is 10.1. The molecule has 0 fully saturated rings. The van der Waals surface area contributed by atoms with E-state index in [1.807, 2.05) is 13.8 Å². The first kappa shape index (κ1) is 18.9. The molecule has 6 nitrogen and oxygen atoms in total. The summed E-state index contributed by atoms with van der Waals surface area (Å²) >= 11 is 0. The topological polar surface area (TPSA) is 90.1 Å². The number of carbonyl (C=O) groups is 1. The van der Waals surface area contributed by atoms with E-state index in [-0.39, 0.29) is 18.3 Å². The summed E-state index contributed by atoms with van der Waals surface area (Å²) in [4.78, 5) is 20.0. The molecule has 1 atom stereocenters. The second kappa shape index (κ2) is 9.07. The Bertz CT molecular complexity index is 634. The summed E-state index contributed by atoms with van der Waals surface area (Å²) in [7, 11) is 0. The maximum absolute atomic E-state index is 11.8. The van der Waals surface area contributed by atoms with Crippen LogP contribution in [0.4, 0.5) is 5.69 Å². The van der Waals surface area contributed by atoms with Crippen LogP contribution in [0.1, 0.15) is 25.5 Å². The third-order valence-corrected chi connectivity index (χ3v) is 3.04. The van der Waals surface area contributed by atoms with Crippen molar-refractivity contribution < 1.29 is 9.53 Å². The standard InChI is InChI=1S/C16H20N4O2.ClH/c1-3-4-14(17)15(21)20-12-5-7-13(8-6-12)22-16-18-10-9-11(2)19-16;/h5-10,14H,3-4,17H2,1-2H3,(H,20,21);1H. The quantitative estimate of drug-likeness (QED) is 0.846. The maximum Gasteiger partial charge on any atom is 0.322 e. The van der Waals surface area contributed by atoms with E-state index in [2.05, 4.69) is 15.3 Å². The second-order valence-corrected chi connectivity index (χ2v) is 4.99. The van der Waals surface area contributed by atoms with Gasteiger partial charge in [-0.3, -0.25) is 4.79 Å². The molecule has 3 N–H and O–H groups in total. The molecule has 1 heterocycles. The Morgan fingerprint density at radius 2 is 2.00 bits per heavy atom. The number of anilines is 1. The number of aryl methyl sites for hydroxylation is 1. The highest BCUT2D eigenvalue weighted by atomic mass is 35.5. The Kier molecular flexibility index (Phi) is 7.44. The van der Waals surface area contributed by atoms with Crippen LogP contribution in [0, 0.1) is 6.92 Å². The number of nitrogens with two attached hydrogens (primary N) is 1. The number of hydrogen-bond acceptors (Lipinski definition) is 5. The van der Waals surface area contributed by atoms with Gasteiger partial charge in [0.25, 0.3) is 0 Å². The lowest BCUT2D eigenvalue weighted by Gasteiger charge is -2.11. The Morgan fingerprint density at radius 3 is 2.61 bits per heavy atom. The van der Waals surface area contributed by atoms with E-state index in [4.69, 9.17) is 10.5 Å². The highest BCUT2D eigenvalue weighted by Gasteiger charge is 2.12. The second-order valence-electron chi connectivity index (χ2n) is 4.99. The van der Waals surface area contributed by atoms with Crippen LogP contribution in [0.25, 0.3) is 0 Å². The molecule has 23 heavy (non-hydrogen) atoms. The number of nitrogens with zero attached hydrogens (tertiary/aromatic N) is 2. The van der Waals surface area contributed by atoms with Crippen LogP contribution in [0.2, 0.25) is 0 Å². The van der Waals surface area contributed by atoms with Gasteiger partial charge in [0.05, 0.1) is 6.04 Å². The first-order valence-corrected chi connectivity index (χ1v) is 7.22. The van der Waals surface area contributed by atoms with Gasteiger partial charge in [0.2, 0.25) is 5.91 Å². The molecule has 0 aliphatic rings. The number of aromatic nitrogens is 2. The van der Waals surface area contributed by atoms with E-state index >= 15 is 0 Å². The average molecular weight is 337 g/mol. The van der Waals surface area contributed by atoms with E-state index in [0.717, 1.165) is 12.1 Å². The van der Waals surface area contributed by atoms with Crippen LogP contribution in [0.15, 0.2) is 36.5 Å². The first-order chi connectivity index (χ1) is 10.6. The van der Waals surface area contributed by atoms with Gasteiger partial charge in [-0.1, -0.05) is 13.3 Å². The van der Waals surface area contributed by atoms with Crippen molar-refractivity contribution in [1.82, 2.24) is 9.97 Å². The zero-order chi connectivity index (χ0) is 15.9. The van der Waals surface area contributed by atoms with Gasteiger partial charge in [-0.15, -0.1) is 12.4 Å². The summed E-state index contributed by atoms with van der Waals surface area (Å²) in [6.45, 7) is 3.86. The van der Waals surface area contributed by atoms with E-state index in [1.54, 1.807) is 36.5 Å². The molecule has 0 bridgehead atoms. The van der Waals surface area contributed by atoms with Crippen molar-refractivity contribution in [1.29, 1.82) is 0 Å². The fraction of sp³-hybridized carbons (Fsp3) is 0.312. The molecule has 124 valence electrons. The summed E-state index contributed by atoms with van der Waals surface area (Å²) in [5.41, 5.74) is 7.28. The van der Waals surface area contributed by atoms with Gasteiger partial charge in [0.1, 0.15) is 5.75 Å². The highest BCUT2D eigenvalue weighted by molar-refractivity contribution is 5.94. The monoisotopic (exact) mass is 336 g/mol. The van der Waals surface area contributed by atoms with Crippen molar-refractivity contribution in [2.45, 2.75) is 32.7 Å². The summed E-state index contributed by atoms with van der Waals surface area (Å²) in [5, 5.41) is 2.78. The van der Waals surface area contributed by atoms with Crippen LogP contribution >= 0.6 is 12.4 Å². The molecule has 1 aromatic carbocycles. The predicted octanol–water partition coefficient (Wildman–Crippen LogP) is 3.07. The molecule has 0 saturated carbocycles. The molecule has 0 spiro atoms. The number of benzene rings is 1. The van der Waals surface area contributed by atoms with Crippen LogP contribution in [-0.4, -0.2) is 21.9 Å². The fourth-order valence-corrected chi connectivity index (χ4v) is 1.86. The molecule has 2 rings (SSSR count). The molecule has 1 amide bonds. The molecular formula is C16H21ClN4O2. The fourth-order valence-electron chi connectivity index (χ4n) is 1.86. The predicted molar refractivity (Wildman–Crippen MR) is 92.0 cm³/mol. The molecule has 0 aliphatic heterocycles. The van der Waals surface area contributed by atoms with E-state index in [9.17, 15) is 4.79 Å². The molecule has 1 aromatic heterocycles. The third-order valence-electron chi connectivity index (χ3n) is 3.04.